The van der Waals surface area contributed by atoms with Crippen molar-refractivity contribution in [3.63, 3.8) is 0 Å². The Balaban J connectivity index is 2.76. The number of carbonyl (C=O) groups is 1. The summed E-state index contributed by atoms with van der Waals surface area (Å²) in [5.41, 5.74) is 7.07. The number of hydrogen-bond donors (Lipinski definition) is 2. The molecule has 0 heterocycles. The Morgan fingerprint density at radius 2 is 2.00 bits per heavy atom. The van der Waals surface area contributed by atoms with Gasteiger partial charge in [0, 0.05) is 5.54 Å². The zero-order valence-electron chi connectivity index (χ0n) is 12.5. The molecule has 0 saturated heterocycles. The van der Waals surface area contributed by atoms with Crippen LogP contribution in [0.5, 0.6) is 0 Å². The van der Waals surface area contributed by atoms with Gasteiger partial charge in [-0.15, -0.1) is 0 Å². The van der Waals surface area contributed by atoms with Crippen LogP contribution in [0.2, 0.25) is 0 Å². The molecule has 4 nitrogen and oxygen atoms in total. The lowest BCUT2D eigenvalue weighted by molar-refractivity contribution is -0.122. The summed E-state index contributed by atoms with van der Waals surface area (Å²) in [6, 6.07) is 7.08. The van der Waals surface area contributed by atoms with Crippen molar-refractivity contribution in [2.75, 3.05) is 18.1 Å². The van der Waals surface area contributed by atoms with Crippen LogP contribution in [0.3, 0.4) is 0 Å². The van der Waals surface area contributed by atoms with E-state index in [4.69, 9.17) is 5.73 Å². The van der Waals surface area contributed by atoms with Gasteiger partial charge in [-0.25, -0.2) is 0 Å². The van der Waals surface area contributed by atoms with Gasteiger partial charge in [-0.1, -0.05) is 19.1 Å². The number of nitrogens with one attached hydrogen (secondary N) is 1. The number of rotatable bonds is 5. The number of amides is 1. The summed E-state index contributed by atoms with van der Waals surface area (Å²) in [5, 5.41) is 2.88. The van der Waals surface area contributed by atoms with E-state index in [9.17, 15) is 4.79 Å². The van der Waals surface area contributed by atoms with Crippen LogP contribution in [0.4, 0.5) is 11.4 Å². The number of hydrogen-bond acceptors (Lipinski definition) is 3. The highest BCUT2D eigenvalue weighted by molar-refractivity contribution is 5.97. The van der Waals surface area contributed by atoms with E-state index in [-0.39, 0.29) is 17.5 Å². The van der Waals surface area contributed by atoms with Crippen LogP contribution >= 0.6 is 0 Å². The van der Waals surface area contributed by atoms with Gasteiger partial charge in [0.25, 0.3) is 0 Å². The number of benzene rings is 1. The molecule has 1 unspecified atom stereocenters. The van der Waals surface area contributed by atoms with Gasteiger partial charge in [-0.3, -0.25) is 9.69 Å². The lowest BCUT2D eigenvalue weighted by atomic mass is 9.98. The molecule has 106 valence electrons. The molecular weight excluding hydrogens is 238 g/mol. The van der Waals surface area contributed by atoms with Crippen LogP contribution in [-0.4, -0.2) is 29.4 Å². The van der Waals surface area contributed by atoms with Crippen molar-refractivity contribution in [3.05, 3.63) is 24.3 Å². The molecule has 1 aromatic rings. The van der Waals surface area contributed by atoms with Crippen LogP contribution in [0, 0.1) is 0 Å². The van der Waals surface area contributed by atoms with Crippen LogP contribution in [0.1, 0.15) is 34.1 Å². The molecule has 0 spiro atoms. The third-order valence-corrected chi connectivity index (χ3v) is 4.00. The predicted molar refractivity (Wildman–Crippen MR) is 81.1 cm³/mol. The topological polar surface area (TPSA) is 58.4 Å². The Morgan fingerprint density at radius 3 is 2.53 bits per heavy atom. The second-order valence-corrected chi connectivity index (χ2v) is 5.53. The standard InChI is InChI=1S/C15H25N3O/c1-6-15(3,4)18(5)11(2)14(19)17-13-10-8-7-9-12(13)16/h7-11H,6,16H2,1-5H3,(H,17,19). The second-order valence-electron chi connectivity index (χ2n) is 5.53. The molecule has 0 aliphatic rings. The largest absolute Gasteiger partial charge is 0.397 e. The highest BCUT2D eigenvalue weighted by Crippen LogP contribution is 2.21. The summed E-state index contributed by atoms with van der Waals surface area (Å²) in [6.07, 6.45) is 0.981. The van der Waals surface area contributed by atoms with E-state index in [1.807, 2.05) is 32.2 Å². The first-order chi connectivity index (χ1) is 8.79. The van der Waals surface area contributed by atoms with Crippen molar-refractivity contribution in [2.45, 2.75) is 45.7 Å². The van der Waals surface area contributed by atoms with E-state index in [0.29, 0.717) is 11.4 Å². The van der Waals surface area contributed by atoms with Gasteiger partial charge in [0.05, 0.1) is 17.4 Å². The first-order valence-electron chi connectivity index (χ1n) is 6.68. The van der Waals surface area contributed by atoms with E-state index in [0.717, 1.165) is 6.42 Å². The Morgan fingerprint density at radius 1 is 1.42 bits per heavy atom. The number of para-hydroxylation sites is 2. The molecule has 1 amide bonds. The van der Waals surface area contributed by atoms with Crippen LogP contribution in [0.25, 0.3) is 0 Å². The molecule has 0 aliphatic heterocycles. The summed E-state index contributed by atoms with van der Waals surface area (Å²) < 4.78 is 0. The number of nitrogen functional groups attached to an aromatic ring is 1. The van der Waals surface area contributed by atoms with Crippen LogP contribution in [0.15, 0.2) is 24.3 Å². The third-order valence-electron chi connectivity index (χ3n) is 4.00. The van der Waals surface area contributed by atoms with Crippen molar-refractivity contribution in [3.8, 4) is 0 Å². The lowest BCUT2D eigenvalue weighted by Gasteiger charge is -2.38. The second kappa shape index (κ2) is 6.06. The molecule has 19 heavy (non-hydrogen) atoms. The highest BCUT2D eigenvalue weighted by atomic mass is 16.2. The van der Waals surface area contributed by atoms with Crippen molar-refractivity contribution in [1.82, 2.24) is 4.90 Å². The van der Waals surface area contributed by atoms with Gasteiger partial charge in [0.1, 0.15) is 0 Å². The van der Waals surface area contributed by atoms with Crippen molar-refractivity contribution >= 4 is 17.3 Å². The molecule has 1 rings (SSSR count). The number of likely N-dealkylation sites (N-methyl/N-ethyl adjacent to an activating group) is 1. The summed E-state index contributed by atoms with van der Waals surface area (Å²) in [7, 11) is 1.97. The van der Waals surface area contributed by atoms with Gasteiger partial charge < -0.3 is 11.1 Å². The molecule has 0 aromatic heterocycles. The fraction of sp³-hybridized carbons (Fsp3) is 0.533. The number of nitrogens with two attached hydrogens (primary N) is 1. The SMILES string of the molecule is CCC(C)(C)N(C)C(C)C(=O)Nc1ccccc1N. The van der Waals surface area contributed by atoms with Crippen molar-refractivity contribution in [1.29, 1.82) is 0 Å². The summed E-state index contributed by atoms with van der Waals surface area (Å²) >= 11 is 0. The fourth-order valence-electron chi connectivity index (χ4n) is 1.80. The molecule has 0 radical (unpaired) electrons. The maximum atomic E-state index is 12.3. The molecule has 1 aromatic carbocycles. The fourth-order valence-corrected chi connectivity index (χ4v) is 1.80. The average Bonchev–Trinajstić information content (AvgIpc) is 2.39. The minimum absolute atomic E-state index is 0.0149. The molecular formula is C15H25N3O. The van der Waals surface area contributed by atoms with E-state index in [2.05, 4.69) is 31.0 Å². The van der Waals surface area contributed by atoms with E-state index in [1.54, 1.807) is 6.07 Å². The summed E-state index contributed by atoms with van der Waals surface area (Å²) in [4.78, 5) is 14.3. The first-order valence-corrected chi connectivity index (χ1v) is 6.68. The quantitative estimate of drug-likeness (QED) is 0.803. The Bertz CT molecular complexity index is 443. The van der Waals surface area contributed by atoms with Gasteiger partial charge in [-0.05, 0) is 46.4 Å². The maximum Gasteiger partial charge on any atom is 0.241 e. The average molecular weight is 263 g/mol. The normalized spacial score (nSPS) is 13.4. The van der Waals surface area contributed by atoms with Gasteiger partial charge >= 0.3 is 0 Å². The van der Waals surface area contributed by atoms with Crippen molar-refractivity contribution in [2.24, 2.45) is 0 Å². The summed E-state index contributed by atoms with van der Waals surface area (Å²) in [6.45, 7) is 8.30. The van der Waals surface area contributed by atoms with E-state index < -0.39 is 0 Å². The third kappa shape index (κ3) is 3.70. The molecule has 3 N–H and O–H groups in total. The van der Waals surface area contributed by atoms with Gasteiger partial charge in [-0.2, -0.15) is 0 Å². The molecule has 0 bridgehead atoms. The molecule has 0 aliphatic carbocycles. The Labute approximate surface area is 116 Å². The van der Waals surface area contributed by atoms with Gasteiger partial charge in [0.2, 0.25) is 5.91 Å². The maximum absolute atomic E-state index is 12.3. The van der Waals surface area contributed by atoms with Crippen LogP contribution in [-0.2, 0) is 4.79 Å². The Kier molecular flexibility index (Phi) is 4.95. The highest BCUT2D eigenvalue weighted by Gasteiger charge is 2.29. The molecule has 0 fully saturated rings. The van der Waals surface area contributed by atoms with Crippen molar-refractivity contribution < 1.29 is 4.79 Å². The molecule has 1 atom stereocenters. The predicted octanol–water partition coefficient (Wildman–Crippen LogP) is 2.72. The lowest BCUT2D eigenvalue weighted by Crippen LogP contribution is -2.50. The minimum atomic E-state index is -0.213. The van der Waals surface area contributed by atoms with Gasteiger partial charge in [0.15, 0.2) is 0 Å². The minimum Gasteiger partial charge on any atom is -0.397 e. The molecule has 0 saturated carbocycles. The number of anilines is 2. The zero-order valence-corrected chi connectivity index (χ0v) is 12.5. The first kappa shape index (κ1) is 15.5. The monoisotopic (exact) mass is 263 g/mol. The van der Waals surface area contributed by atoms with E-state index in [1.165, 1.54) is 0 Å². The van der Waals surface area contributed by atoms with Crippen LogP contribution < -0.4 is 11.1 Å². The summed E-state index contributed by atoms with van der Waals surface area (Å²) in [5.74, 6) is -0.0399. The zero-order chi connectivity index (χ0) is 14.6. The number of nitrogens with zero attached hydrogens (tertiary/aromatic N) is 1. The smallest absolute Gasteiger partial charge is 0.241 e. The Hall–Kier alpha value is -1.55. The van der Waals surface area contributed by atoms with E-state index >= 15 is 0 Å². The molecule has 4 heteroatoms. The number of carbonyl (C=O) groups excluding carboxylic acids is 1.